The van der Waals surface area contributed by atoms with E-state index in [1.807, 2.05) is 0 Å². The maximum atomic E-state index is 5.09. The zero-order valence-electron chi connectivity index (χ0n) is 13.1. The van der Waals surface area contributed by atoms with E-state index < -0.39 is 0 Å². The second kappa shape index (κ2) is 8.33. The topological polar surface area (TPSA) is 39.1 Å². The minimum atomic E-state index is 0.707. The van der Waals surface area contributed by atoms with Gasteiger partial charge in [0.15, 0.2) is 0 Å². The summed E-state index contributed by atoms with van der Waals surface area (Å²) in [7, 11) is 1.74. The Morgan fingerprint density at radius 1 is 1.32 bits per heavy atom. The van der Waals surface area contributed by atoms with E-state index in [-0.39, 0.29) is 0 Å². The quantitative estimate of drug-likeness (QED) is 0.698. The molecule has 0 radical (unpaired) electrons. The van der Waals surface area contributed by atoms with Crippen LogP contribution in [0.1, 0.15) is 37.2 Å². The predicted molar refractivity (Wildman–Crippen MR) is 79.6 cm³/mol. The van der Waals surface area contributed by atoms with Crippen LogP contribution in [0, 0.1) is 19.8 Å². The fourth-order valence-corrected chi connectivity index (χ4v) is 2.28. The van der Waals surface area contributed by atoms with Crippen LogP contribution in [-0.2, 0) is 17.7 Å². The Morgan fingerprint density at radius 3 is 2.68 bits per heavy atom. The van der Waals surface area contributed by atoms with E-state index in [1.165, 1.54) is 17.0 Å². The van der Waals surface area contributed by atoms with Crippen molar-refractivity contribution in [2.45, 2.75) is 47.1 Å². The predicted octanol–water partition coefficient (Wildman–Crippen LogP) is 2.32. The van der Waals surface area contributed by atoms with Crippen LogP contribution in [0.2, 0.25) is 0 Å². The van der Waals surface area contributed by atoms with Gasteiger partial charge in [-0.15, -0.1) is 0 Å². The Balaban J connectivity index is 2.49. The first-order chi connectivity index (χ1) is 9.06. The average Bonchev–Trinajstić information content (AvgIpc) is 2.61. The van der Waals surface area contributed by atoms with Gasteiger partial charge in [-0.3, -0.25) is 4.68 Å². The summed E-state index contributed by atoms with van der Waals surface area (Å²) in [6.45, 7) is 12.6. The smallest absolute Gasteiger partial charge is 0.0628 e. The molecule has 0 spiro atoms. The molecule has 4 heteroatoms. The number of aryl methyl sites for hydroxylation is 2. The molecule has 1 aromatic rings. The maximum absolute atomic E-state index is 5.09. The number of hydrogen-bond acceptors (Lipinski definition) is 3. The van der Waals surface area contributed by atoms with Crippen molar-refractivity contribution in [1.29, 1.82) is 0 Å². The van der Waals surface area contributed by atoms with E-state index in [9.17, 15) is 0 Å². The third kappa shape index (κ3) is 5.33. The van der Waals surface area contributed by atoms with Crippen LogP contribution >= 0.6 is 0 Å². The highest BCUT2D eigenvalue weighted by atomic mass is 16.5. The van der Waals surface area contributed by atoms with Crippen LogP contribution in [0.5, 0.6) is 0 Å². The number of ether oxygens (including phenoxy) is 1. The molecule has 0 saturated heterocycles. The minimum absolute atomic E-state index is 0.707. The highest BCUT2D eigenvalue weighted by Gasteiger charge is 2.10. The molecule has 1 rings (SSSR count). The van der Waals surface area contributed by atoms with Crippen LogP contribution in [0.4, 0.5) is 0 Å². The maximum Gasteiger partial charge on any atom is 0.0628 e. The summed E-state index contributed by atoms with van der Waals surface area (Å²) in [5.74, 6) is 0.707. The number of rotatable bonds is 9. The summed E-state index contributed by atoms with van der Waals surface area (Å²) in [5, 5.41) is 8.12. The molecular formula is C15H29N3O. The summed E-state index contributed by atoms with van der Waals surface area (Å²) in [6.07, 6.45) is 2.08. The highest BCUT2D eigenvalue weighted by Crippen LogP contribution is 2.13. The first-order valence-electron chi connectivity index (χ1n) is 7.28. The third-order valence-electron chi connectivity index (χ3n) is 3.35. The minimum Gasteiger partial charge on any atom is -0.385 e. The lowest BCUT2D eigenvalue weighted by atomic mass is 10.1. The molecule has 0 aliphatic heterocycles. The van der Waals surface area contributed by atoms with Gasteiger partial charge in [-0.25, -0.2) is 0 Å². The molecular weight excluding hydrogens is 238 g/mol. The summed E-state index contributed by atoms with van der Waals surface area (Å²) < 4.78 is 7.21. The van der Waals surface area contributed by atoms with Gasteiger partial charge in [0.25, 0.3) is 0 Å². The van der Waals surface area contributed by atoms with Gasteiger partial charge in [-0.05, 0) is 51.3 Å². The standard InChI is InChI=1S/C15H29N3O/c1-12(2)11-16-8-7-15-13(3)17-18(14(15)4)9-6-10-19-5/h12,16H,6-11H2,1-5H3. The zero-order valence-corrected chi connectivity index (χ0v) is 13.1. The molecule has 0 saturated carbocycles. The van der Waals surface area contributed by atoms with E-state index in [4.69, 9.17) is 4.74 Å². The summed E-state index contributed by atoms with van der Waals surface area (Å²) >= 11 is 0. The molecule has 0 aliphatic carbocycles. The number of hydrogen-bond donors (Lipinski definition) is 1. The van der Waals surface area contributed by atoms with E-state index in [1.54, 1.807) is 7.11 Å². The van der Waals surface area contributed by atoms with Crippen molar-refractivity contribution in [3.05, 3.63) is 17.0 Å². The van der Waals surface area contributed by atoms with Crippen molar-refractivity contribution < 1.29 is 4.74 Å². The Kier molecular flexibility index (Phi) is 7.10. The first-order valence-corrected chi connectivity index (χ1v) is 7.28. The molecule has 19 heavy (non-hydrogen) atoms. The van der Waals surface area contributed by atoms with E-state index in [2.05, 4.69) is 42.8 Å². The van der Waals surface area contributed by atoms with E-state index in [0.717, 1.165) is 39.1 Å². The van der Waals surface area contributed by atoms with Crippen LogP contribution in [0.15, 0.2) is 0 Å². The van der Waals surface area contributed by atoms with Crippen molar-refractivity contribution in [2.75, 3.05) is 26.8 Å². The number of methoxy groups -OCH3 is 1. The van der Waals surface area contributed by atoms with Crippen molar-refractivity contribution >= 4 is 0 Å². The van der Waals surface area contributed by atoms with Gasteiger partial charge in [0.1, 0.15) is 0 Å². The average molecular weight is 267 g/mol. The lowest BCUT2D eigenvalue weighted by molar-refractivity contribution is 0.188. The Labute approximate surface area is 117 Å². The van der Waals surface area contributed by atoms with Crippen molar-refractivity contribution in [3.63, 3.8) is 0 Å². The normalized spacial score (nSPS) is 11.5. The van der Waals surface area contributed by atoms with E-state index in [0.29, 0.717) is 5.92 Å². The molecule has 0 atom stereocenters. The number of aromatic nitrogens is 2. The number of nitrogens with one attached hydrogen (secondary N) is 1. The van der Waals surface area contributed by atoms with Crippen LogP contribution in [0.25, 0.3) is 0 Å². The lowest BCUT2D eigenvalue weighted by Gasteiger charge is -2.08. The summed E-state index contributed by atoms with van der Waals surface area (Å²) in [4.78, 5) is 0. The summed E-state index contributed by atoms with van der Waals surface area (Å²) in [5.41, 5.74) is 3.87. The molecule has 1 heterocycles. The largest absolute Gasteiger partial charge is 0.385 e. The number of nitrogens with zero attached hydrogens (tertiary/aromatic N) is 2. The van der Waals surface area contributed by atoms with E-state index >= 15 is 0 Å². The fourth-order valence-electron chi connectivity index (χ4n) is 2.28. The SMILES string of the molecule is COCCCn1nc(C)c(CCNCC(C)C)c1C. The molecule has 4 nitrogen and oxygen atoms in total. The van der Waals surface area contributed by atoms with Crippen LogP contribution in [0.3, 0.4) is 0 Å². The molecule has 1 N–H and O–H groups in total. The van der Waals surface area contributed by atoms with Crippen molar-refractivity contribution in [2.24, 2.45) is 5.92 Å². The fraction of sp³-hybridized carbons (Fsp3) is 0.800. The molecule has 0 aliphatic rings. The Hall–Kier alpha value is -0.870. The highest BCUT2D eigenvalue weighted by molar-refractivity contribution is 5.24. The second-order valence-corrected chi connectivity index (χ2v) is 5.57. The summed E-state index contributed by atoms with van der Waals surface area (Å²) in [6, 6.07) is 0. The molecule has 0 bridgehead atoms. The van der Waals surface area contributed by atoms with Gasteiger partial charge >= 0.3 is 0 Å². The monoisotopic (exact) mass is 267 g/mol. The van der Waals surface area contributed by atoms with Gasteiger partial charge in [0.2, 0.25) is 0 Å². The van der Waals surface area contributed by atoms with Crippen molar-refractivity contribution in [1.82, 2.24) is 15.1 Å². The third-order valence-corrected chi connectivity index (χ3v) is 3.35. The van der Waals surface area contributed by atoms with Gasteiger partial charge < -0.3 is 10.1 Å². The molecule has 0 amide bonds. The molecule has 110 valence electrons. The van der Waals surface area contributed by atoms with Crippen LogP contribution < -0.4 is 5.32 Å². The Bertz CT molecular complexity index is 372. The van der Waals surface area contributed by atoms with Crippen molar-refractivity contribution in [3.8, 4) is 0 Å². The zero-order chi connectivity index (χ0) is 14.3. The van der Waals surface area contributed by atoms with Crippen LogP contribution in [-0.4, -0.2) is 36.6 Å². The molecule has 0 aromatic carbocycles. The first kappa shape index (κ1) is 16.2. The van der Waals surface area contributed by atoms with Gasteiger partial charge in [-0.1, -0.05) is 13.8 Å². The second-order valence-electron chi connectivity index (χ2n) is 5.57. The molecule has 1 aromatic heterocycles. The van der Waals surface area contributed by atoms with Gasteiger partial charge in [-0.2, -0.15) is 5.10 Å². The Morgan fingerprint density at radius 2 is 2.05 bits per heavy atom. The van der Waals surface area contributed by atoms with Gasteiger partial charge in [0, 0.05) is 26.0 Å². The molecule has 0 fully saturated rings. The van der Waals surface area contributed by atoms with Gasteiger partial charge in [0.05, 0.1) is 5.69 Å². The molecule has 0 unspecified atom stereocenters. The lowest BCUT2D eigenvalue weighted by Crippen LogP contribution is -2.22.